The minimum Gasteiger partial charge on any atom is -0.496 e. The normalized spacial score (nSPS) is 10.8. The lowest BCUT2D eigenvalue weighted by Gasteiger charge is -2.13. The standard InChI is InChI=1S/C12H17NO2S/c1-14-10-6-7-11(15-2)12(16-3)9(10)5-4-8-13/h4-7H,8,13H2,1-3H3/b5-4+. The molecule has 16 heavy (non-hydrogen) atoms. The van der Waals surface area contributed by atoms with Crippen molar-refractivity contribution in [2.24, 2.45) is 5.73 Å². The van der Waals surface area contributed by atoms with Crippen molar-refractivity contribution in [3.63, 3.8) is 0 Å². The third-order valence-electron chi connectivity index (χ3n) is 2.18. The van der Waals surface area contributed by atoms with Gasteiger partial charge in [-0.3, -0.25) is 0 Å². The van der Waals surface area contributed by atoms with Gasteiger partial charge in [0.15, 0.2) is 0 Å². The molecule has 4 heteroatoms. The topological polar surface area (TPSA) is 44.5 Å². The molecule has 1 aromatic rings. The second-order valence-corrected chi connectivity index (χ2v) is 3.87. The van der Waals surface area contributed by atoms with Gasteiger partial charge in [-0.05, 0) is 18.4 Å². The molecule has 0 bridgehead atoms. The van der Waals surface area contributed by atoms with Crippen LogP contribution in [-0.4, -0.2) is 27.0 Å². The Hall–Kier alpha value is -1.13. The number of benzene rings is 1. The van der Waals surface area contributed by atoms with Crippen LogP contribution in [0.1, 0.15) is 5.56 Å². The summed E-state index contributed by atoms with van der Waals surface area (Å²) in [4.78, 5) is 1.06. The Balaban J connectivity index is 3.30. The molecule has 0 amide bonds. The smallest absolute Gasteiger partial charge is 0.133 e. The Bertz CT molecular complexity index is 378. The average Bonchev–Trinajstić information content (AvgIpc) is 2.34. The number of hydrogen-bond acceptors (Lipinski definition) is 4. The Labute approximate surface area is 101 Å². The summed E-state index contributed by atoms with van der Waals surface area (Å²) in [5.41, 5.74) is 6.48. The van der Waals surface area contributed by atoms with Crippen LogP contribution in [0.15, 0.2) is 23.1 Å². The number of ether oxygens (including phenoxy) is 2. The van der Waals surface area contributed by atoms with Crippen LogP contribution in [0.3, 0.4) is 0 Å². The van der Waals surface area contributed by atoms with E-state index in [0.717, 1.165) is 22.0 Å². The zero-order valence-electron chi connectivity index (χ0n) is 9.82. The van der Waals surface area contributed by atoms with Crippen molar-refractivity contribution in [2.75, 3.05) is 27.0 Å². The van der Waals surface area contributed by atoms with Crippen molar-refractivity contribution < 1.29 is 9.47 Å². The number of rotatable bonds is 5. The fraction of sp³-hybridized carbons (Fsp3) is 0.333. The van der Waals surface area contributed by atoms with E-state index in [4.69, 9.17) is 15.2 Å². The van der Waals surface area contributed by atoms with Crippen LogP contribution in [0.5, 0.6) is 11.5 Å². The molecule has 0 aliphatic carbocycles. The SMILES string of the molecule is COc1ccc(OC)c(SC)c1/C=C/CN. The van der Waals surface area contributed by atoms with Gasteiger partial charge in [-0.15, -0.1) is 11.8 Å². The molecular formula is C12H17NO2S. The van der Waals surface area contributed by atoms with Crippen molar-refractivity contribution >= 4 is 17.8 Å². The summed E-state index contributed by atoms with van der Waals surface area (Å²) in [5.74, 6) is 1.68. The lowest BCUT2D eigenvalue weighted by molar-refractivity contribution is 0.393. The predicted octanol–water partition coefficient (Wildman–Crippen LogP) is 2.40. The number of hydrogen-bond donors (Lipinski definition) is 1. The van der Waals surface area contributed by atoms with Gasteiger partial charge in [0.25, 0.3) is 0 Å². The van der Waals surface area contributed by atoms with E-state index in [-0.39, 0.29) is 0 Å². The third-order valence-corrected chi connectivity index (χ3v) is 3.01. The maximum Gasteiger partial charge on any atom is 0.133 e. The summed E-state index contributed by atoms with van der Waals surface area (Å²) in [6, 6.07) is 3.80. The van der Waals surface area contributed by atoms with E-state index < -0.39 is 0 Å². The van der Waals surface area contributed by atoms with Gasteiger partial charge in [-0.1, -0.05) is 12.2 Å². The van der Waals surface area contributed by atoms with Crippen molar-refractivity contribution in [3.05, 3.63) is 23.8 Å². The highest BCUT2D eigenvalue weighted by Gasteiger charge is 2.11. The summed E-state index contributed by atoms with van der Waals surface area (Å²) in [6.07, 6.45) is 5.88. The van der Waals surface area contributed by atoms with Crippen LogP contribution in [-0.2, 0) is 0 Å². The second kappa shape index (κ2) is 6.45. The third kappa shape index (κ3) is 2.71. The van der Waals surface area contributed by atoms with E-state index in [2.05, 4.69) is 0 Å². The highest BCUT2D eigenvalue weighted by Crippen LogP contribution is 2.37. The molecule has 1 aromatic carbocycles. The van der Waals surface area contributed by atoms with Crippen molar-refractivity contribution in [3.8, 4) is 11.5 Å². The molecule has 0 atom stereocenters. The zero-order valence-corrected chi connectivity index (χ0v) is 10.6. The maximum absolute atomic E-state index is 5.46. The Morgan fingerprint density at radius 1 is 1.25 bits per heavy atom. The molecule has 0 unspecified atom stereocenters. The van der Waals surface area contributed by atoms with Gasteiger partial charge in [-0.25, -0.2) is 0 Å². The molecule has 0 saturated heterocycles. The van der Waals surface area contributed by atoms with Crippen molar-refractivity contribution in [2.45, 2.75) is 4.90 Å². The summed E-state index contributed by atoms with van der Waals surface area (Å²) < 4.78 is 10.6. The summed E-state index contributed by atoms with van der Waals surface area (Å²) in [6.45, 7) is 0.508. The molecule has 2 N–H and O–H groups in total. The molecule has 1 rings (SSSR count). The van der Waals surface area contributed by atoms with Crippen LogP contribution in [0.2, 0.25) is 0 Å². The lowest BCUT2D eigenvalue weighted by atomic mass is 10.1. The van der Waals surface area contributed by atoms with Crippen LogP contribution in [0.4, 0.5) is 0 Å². The molecule has 0 aromatic heterocycles. The van der Waals surface area contributed by atoms with E-state index in [1.165, 1.54) is 0 Å². The maximum atomic E-state index is 5.46. The summed E-state index contributed by atoms with van der Waals surface area (Å²) in [7, 11) is 3.32. The molecule has 0 heterocycles. The Kier molecular flexibility index (Phi) is 5.22. The molecule has 3 nitrogen and oxygen atoms in total. The summed E-state index contributed by atoms with van der Waals surface area (Å²) >= 11 is 1.63. The minimum atomic E-state index is 0.508. The predicted molar refractivity (Wildman–Crippen MR) is 69.4 cm³/mol. The van der Waals surface area contributed by atoms with Crippen LogP contribution in [0.25, 0.3) is 6.08 Å². The molecule has 0 aliphatic heterocycles. The van der Waals surface area contributed by atoms with Gasteiger partial charge in [0.05, 0.1) is 19.1 Å². The van der Waals surface area contributed by atoms with Gasteiger partial charge in [0, 0.05) is 12.1 Å². The van der Waals surface area contributed by atoms with Gasteiger partial charge in [0.1, 0.15) is 11.5 Å². The minimum absolute atomic E-state index is 0.508. The Morgan fingerprint density at radius 3 is 2.38 bits per heavy atom. The lowest BCUT2D eigenvalue weighted by Crippen LogP contribution is -1.95. The highest BCUT2D eigenvalue weighted by atomic mass is 32.2. The summed E-state index contributed by atoms with van der Waals surface area (Å²) in [5, 5.41) is 0. The van der Waals surface area contributed by atoms with Gasteiger partial charge >= 0.3 is 0 Å². The van der Waals surface area contributed by atoms with E-state index in [9.17, 15) is 0 Å². The Morgan fingerprint density at radius 2 is 1.88 bits per heavy atom. The number of methoxy groups -OCH3 is 2. The van der Waals surface area contributed by atoms with E-state index in [1.807, 2.05) is 30.5 Å². The van der Waals surface area contributed by atoms with E-state index in [1.54, 1.807) is 26.0 Å². The zero-order chi connectivity index (χ0) is 12.0. The first-order valence-electron chi connectivity index (χ1n) is 4.94. The molecule has 0 spiro atoms. The first-order valence-corrected chi connectivity index (χ1v) is 6.16. The molecular weight excluding hydrogens is 222 g/mol. The number of nitrogens with two attached hydrogens (primary N) is 1. The van der Waals surface area contributed by atoms with Gasteiger partial charge < -0.3 is 15.2 Å². The van der Waals surface area contributed by atoms with Gasteiger partial charge in [0.2, 0.25) is 0 Å². The molecule has 0 aliphatic rings. The first kappa shape index (κ1) is 12.9. The van der Waals surface area contributed by atoms with E-state index in [0.29, 0.717) is 6.54 Å². The molecule has 0 saturated carbocycles. The second-order valence-electron chi connectivity index (χ2n) is 3.06. The molecule has 88 valence electrons. The van der Waals surface area contributed by atoms with E-state index >= 15 is 0 Å². The monoisotopic (exact) mass is 239 g/mol. The first-order chi connectivity index (χ1) is 7.78. The fourth-order valence-corrected chi connectivity index (χ4v) is 2.20. The van der Waals surface area contributed by atoms with Gasteiger partial charge in [-0.2, -0.15) is 0 Å². The van der Waals surface area contributed by atoms with Crippen molar-refractivity contribution in [1.82, 2.24) is 0 Å². The van der Waals surface area contributed by atoms with Crippen molar-refractivity contribution in [1.29, 1.82) is 0 Å². The van der Waals surface area contributed by atoms with Crippen LogP contribution in [0, 0.1) is 0 Å². The quantitative estimate of drug-likeness (QED) is 0.801. The number of thioether (sulfide) groups is 1. The molecule has 0 radical (unpaired) electrons. The average molecular weight is 239 g/mol. The fourth-order valence-electron chi connectivity index (χ4n) is 1.45. The molecule has 0 fully saturated rings. The largest absolute Gasteiger partial charge is 0.496 e. The van der Waals surface area contributed by atoms with Crippen LogP contribution >= 0.6 is 11.8 Å². The van der Waals surface area contributed by atoms with Crippen LogP contribution < -0.4 is 15.2 Å². The highest BCUT2D eigenvalue weighted by molar-refractivity contribution is 7.98.